The normalized spacial score (nSPS) is 17.8. The molecule has 1 rings (SSSR count). The van der Waals surface area contributed by atoms with E-state index in [4.69, 9.17) is 4.74 Å². The van der Waals surface area contributed by atoms with Crippen LogP contribution in [-0.4, -0.2) is 51.2 Å². The van der Waals surface area contributed by atoms with Gasteiger partial charge in [-0.05, 0) is 38.8 Å². The van der Waals surface area contributed by atoms with Crippen molar-refractivity contribution in [3.63, 3.8) is 0 Å². The number of methoxy groups -OCH3 is 1. The monoisotopic (exact) mass is 228 g/mol. The maximum absolute atomic E-state index is 11.8. The molecule has 1 fully saturated rings. The molecule has 4 nitrogen and oxygen atoms in total. The van der Waals surface area contributed by atoms with Crippen molar-refractivity contribution in [2.75, 3.05) is 40.4 Å². The first kappa shape index (κ1) is 13.5. The van der Waals surface area contributed by atoms with E-state index < -0.39 is 0 Å². The lowest BCUT2D eigenvalue weighted by molar-refractivity contribution is -0.132. The third kappa shape index (κ3) is 4.49. The van der Waals surface area contributed by atoms with Crippen molar-refractivity contribution >= 4 is 5.91 Å². The predicted octanol–water partition coefficient (Wildman–Crippen LogP) is 0.871. The summed E-state index contributed by atoms with van der Waals surface area (Å²) < 4.78 is 5.14. The van der Waals surface area contributed by atoms with Crippen molar-refractivity contribution in [1.82, 2.24) is 10.2 Å². The molecule has 0 aromatic heterocycles. The molecule has 1 aliphatic rings. The number of carbonyl (C=O) groups excluding carboxylic acids is 1. The largest absolute Gasteiger partial charge is 0.384 e. The third-order valence-electron chi connectivity index (χ3n) is 3.19. The fourth-order valence-corrected chi connectivity index (χ4v) is 2.16. The highest BCUT2D eigenvalue weighted by Gasteiger charge is 2.21. The van der Waals surface area contributed by atoms with E-state index in [-0.39, 0.29) is 0 Å². The summed E-state index contributed by atoms with van der Waals surface area (Å²) in [4.78, 5) is 13.8. The third-order valence-corrected chi connectivity index (χ3v) is 3.19. The van der Waals surface area contributed by atoms with Crippen molar-refractivity contribution in [3.05, 3.63) is 0 Å². The number of ether oxygens (including phenoxy) is 1. The van der Waals surface area contributed by atoms with Crippen LogP contribution in [-0.2, 0) is 9.53 Å². The molecule has 16 heavy (non-hydrogen) atoms. The van der Waals surface area contributed by atoms with Gasteiger partial charge < -0.3 is 15.0 Å². The fourth-order valence-electron chi connectivity index (χ4n) is 2.16. The van der Waals surface area contributed by atoms with Crippen LogP contribution in [0.2, 0.25) is 0 Å². The minimum Gasteiger partial charge on any atom is -0.384 e. The molecule has 1 aliphatic heterocycles. The summed E-state index contributed by atoms with van der Waals surface area (Å²) in [6.45, 7) is 3.58. The molecular weight excluding hydrogens is 204 g/mol. The van der Waals surface area contributed by atoms with Crippen molar-refractivity contribution < 1.29 is 9.53 Å². The number of nitrogens with one attached hydrogen (secondary N) is 1. The Morgan fingerprint density at radius 2 is 2.12 bits per heavy atom. The fraction of sp³-hybridized carbons (Fsp3) is 0.917. The van der Waals surface area contributed by atoms with Crippen molar-refractivity contribution in [2.45, 2.75) is 25.7 Å². The van der Waals surface area contributed by atoms with Crippen molar-refractivity contribution in [2.24, 2.45) is 5.92 Å². The standard InChI is InChI=1S/C12H24N2O2/c1-13-7-3-4-12(15)14-8-5-11(6-9-14)10-16-2/h11,13H,3-10H2,1-2H3. The molecule has 0 spiro atoms. The lowest BCUT2D eigenvalue weighted by Crippen LogP contribution is -2.39. The number of hydrogen-bond acceptors (Lipinski definition) is 3. The zero-order chi connectivity index (χ0) is 11.8. The van der Waals surface area contributed by atoms with Gasteiger partial charge in [0.15, 0.2) is 0 Å². The van der Waals surface area contributed by atoms with Crippen molar-refractivity contribution in [3.8, 4) is 0 Å². The molecule has 0 radical (unpaired) electrons. The summed E-state index contributed by atoms with van der Waals surface area (Å²) >= 11 is 0. The molecule has 0 aromatic carbocycles. The van der Waals surface area contributed by atoms with Gasteiger partial charge in [-0.25, -0.2) is 0 Å². The van der Waals surface area contributed by atoms with E-state index in [2.05, 4.69) is 5.32 Å². The average Bonchev–Trinajstić information content (AvgIpc) is 2.30. The van der Waals surface area contributed by atoms with Crippen LogP contribution in [0.25, 0.3) is 0 Å². The quantitative estimate of drug-likeness (QED) is 0.686. The molecule has 1 saturated heterocycles. The lowest BCUT2D eigenvalue weighted by atomic mass is 9.97. The van der Waals surface area contributed by atoms with Gasteiger partial charge in [-0.2, -0.15) is 0 Å². The minimum atomic E-state index is 0.311. The maximum Gasteiger partial charge on any atom is 0.222 e. The Balaban J connectivity index is 2.17. The van der Waals surface area contributed by atoms with Gasteiger partial charge in [0.1, 0.15) is 0 Å². The van der Waals surface area contributed by atoms with Crippen LogP contribution >= 0.6 is 0 Å². The van der Waals surface area contributed by atoms with E-state index in [1.165, 1.54) is 0 Å². The van der Waals surface area contributed by atoms with E-state index in [0.29, 0.717) is 18.2 Å². The Bertz CT molecular complexity index is 201. The highest BCUT2D eigenvalue weighted by Crippen LogP contribution is 2.18. The Morgan fingerprint density at radius 3 is 2.69 bits per heavy atom. The molecule has 1 N–H and O–H groups in total. The highest BCUT2D eigenvalue weighted by atomic mass is 16.5. The molecule has 0 unspecified atom stereocenters. The number of piperidine rings is 1. The topological polar surface area (TPSA) is 41.6 Å². The summed E-state index contributed by atoms with van der Waals surface area (Å²) in [7, 11) is 3.66. The smallest absolute Gasteiger partial charge is 0.222 e. The second kappa shape index (κ2) is 7.63. The van der Waals surface area contributed by atoms with Crippen LogP contribution in [0.15, 0.2) is 0 Å². The van der Waals surface area contributed by atoms with E-state index in [1.807, 2.05) is 11.9 Å². The first-order chi connectivity index (χ1) is 7.77. The van der Waals surface area contributed by atoms with Crippen LogP contribution in [0.3, 0.4) is 0 Å². The summed E-state index contributed by atoms with van der Waals surface area (Å²) in [6.07, 6.45) is 3.79. The molecule has 0 saturated carbocycles. The maximum atomic E-state index is 11.8. The van der Waals surface area contributed by atoms with E-state index >= 15 is 0 Å². The number of likely N-dealkylation sites (tertiary alicyclic amines) is 1. The molecule has 1 heterocycles. The van der Waals surface area contributed by atoms with Gasteiger partial charge in [-0.3, -0.25) is 4.79 Å². The Morgan fingerprint density at radius 1 is 1.44 bits per heavy atom. The number of rotatable bonds is 6. The summed E-state index contributed by atoms with van der Waals surface area (Å²) in [5, 5.41) is 3.06. The lowest BCUT2D eigenvalue weighted by Gasteiger charge is -2.31. The van der Waals surface area contributed by atoms with Gasteiger partial charge in [0.05, 0.1) is 0 Å². The predicted molar refractivity (Wildman–Crippen MR) is 64.3 cm³/mol. The molecule has 94 valence electrons. The van der Waals surface area contributed by atoms with E-state index in [0.717, 1.165) is 45.5 Å². The Hall–Kier alpha value is -0.610. The summed E-state index contributed by atoms with van der Waals surface area (Å²) in [5.41, 5.74) is 0. The SMILES string of the molecule is CNCCCC(=O)N1CCC(COC)CC1. The zero-order valence-corrected chi connectivity index (χ0v) is 10.5. The molecule has 0 atom stereocenters. The van der Waals surface area contributed by atoms with Crippen LogP contribution in [0.4, 0.5) is 0 Å². The molecule has 1 amide bonds. The van der Waals surface area contributed by atoms with Gasteiger partial charge in [0.2, 0.25) is 5.91 Å². The van der Waals surface area contributed by atoms with Gasteiger partial charge in [-0.1, -0.05) is 0 Å². The average molecular weight is 228 g/mol. The van der Waals surface area contributed by atoms with E-state index in [1.54, 1.807) is 7.11 Å². The summed E-state index contributed by atoms with van der Waals surface area (Å²) in [5.74, 6) is 0.956. The van der Waals surface area contributed by atoms with Gasteiger partial charge in [-0.15, -0.1) is 0 Å². The van der Waals surface area contributed by atoms with Crippen LogP contribution < -0.4 is 5.32 Å². The highest BCUT2D eigenvalue weighted by molar-refractivity contribution is 5.76. The zero-order valence-electron chi connectivity index (χ0n) is 10.5. The van der Waals surface area contributed by atoms with Gasteiger partial charge in [0, 0.05) is 33.2 Å². The van der Waals surface area contributed by atoms with Crippen LogP contribution in [0.5, 0.6) is 0 Å². The molecule has 0 bridgehead atoms. The number of carbonyl (C=O) groups is 1. The summed E-state index contributed by atoms with van der Waals surface area (Å²) in [6, 6.07) is 0. The molecule has 0 aliphatic carbocycles. The Labute approximate surface area is 98.3 Å². The first-order valence-corrected chi connectivity index (χ1v) is 6.19. The number of amides is 1. The number of nitrogens with zero attached hydrogens (tertiary/aromatic N) is 1. The van der Waals surface area contributed by atoms with Crippen LogP contribution in [0.1, 0.15) is 25.7 Å². The van der Waals surface area contributed by atoms with Gasteiger partial charge >= 0.3 is 0 Å². The molecule has 0 aromatic rings. The number of hydrogen-bond donors (Lipinski definition) is 1. The first-order valence-electron chi connectivity index (χ1n) is 6.19. The second-order valence-corrected chi connectivity index (χ2v) is 4.49. The molecule has 4 heteroatoms. The minimum absolute atomic E-state index is 0.311. The van der Waals surface area contributed by atoms with E-state index in [9.17, 15) is 4.79 Å². The second-order valence-electron chi connectivity index (χ2n) is 4.49. The van der Waals surface area contributed by atoms with Crippen LogP contribution in [0, 0.1) is 5.92 Å². The Kier molecular flexibility index (Phi) is 6.42. The molecular formula is C12H24N2O2. The van der Waals surface area contributed by atoms with Crippen molar-refractivity contribution in [1.29, 1.82) is 0 Å². The van der Waals surface area contributed by atoms with Gasteiger partial charge in [0.25, 0.3) is 0 Å².